The van der Waals surface area contributed by atoms with Crippen molar-refractivity contribution in [1.29, 1.82) is 0 Å². The number of hydrogen-bond donors (Lipinski definition) is 4. The molecular formula is C22H26N2O4. The highest BCUT2D eigenvalue weighted by atomic mass is 16.4. The third-order valence-corrected chi connectivity index (χ3v) is 5.61. The molecular weight excluding hydrogens is 356 g/mol. The van der Waals surface area contributed by atoms with Crippen LogP contribution in [0, 0.1) is 11.3 Å². The molecule has 2 aromatic carbocycles. The summed E-state index contributed by atoms with van der Waals surface area (Å²) in [6.45, 7) is 8.41. The van der Waals surface area contributed by atoms with E-state index in [9.17, 15) is 19.8 Å². The zero-order chi connectivity index (χ0) is 20.6. The summed E-state index contributed by atoms with van der Waals surface area (Å²) < 4.78 is 0. The van der Waals surface area contributed by atoms with Crippen LogP contribution in [0.25, 0.3) is 0 Å². The third-order valence-electron chi connectivity index (χ3n) is 5.61. The molecule has 0 bridgehead atoms. The van der Waals surface area contributed by atoms with Crippen molar-refractivity contribution in [3.05, 3.63) is 59.2 Å². The molecule has 0 amide bonds. The van der Waals surface area contributed by atoms with E-state index in [1.165, 1.54) is 0 Å². The summed E-state index contributed by atoms with van der Waals surface area (Å²) in [4.78, 5) is 23.4. The predicted octanol–water partition coefficient (Wildman–Crippen LogP) is 4.71. The minimum atomic E-state index is -1.00. The van der Waals surface area contributed by atoms with Gasteiger partial charge in [-0.05, 0) is 29.7 Å². The smallest absolute Gasteiger partial charge is 0.337 e. The molecule has 2 aromatic rings. The number of carboxylic acids is 2. The van der Waals surface area contributed by atoms with Crippen molar-refractivity contribution in [3.63, 3.8) is 0 Å². The minimum absolute atomic E-state index is 0.00464. The van der Waals surface area contributed by atoms with Crippen LogP contribution < -0.4 is 10.6 Å². The van der Waals surface area contributed by atoms with Gasteiger partial charge in [0.2, 0.25) is 0 Å². The summed E-state index contributed by atoms with van der Waals surface area (Å²) in [6, 6.07) is 11.7. The van der Waals surface area contributed by atoms with Gasteiger partial charge in [-0.1, -0.05) is 52.0 Å². The average molecular weight is 382 g/mol. The van der Waals surface area contributed by atoms with Crippen molar-refractivity contribution in [2.75, 3.05) is 10.6 Å². The molecule has 0 aliphatic carbocycles. The first-order valence-electron chi connectivity index (χ1n) is 9.36. The number of hydrogen-bond acceptors (Lipinski definition) is 4. The summed E-state index contributed by atoms with van der Waals surface area (Å²) in [6.07, 6.45) is 0. The fourth-order valence-corrected chi connectivity index (χ4v) is 4.31. The van der Waals surface area contributed by atoms with Crippen LogP contribution in [0.2, 0.25) is 0 Å². The van der Waals surface area contributed by atoms with Crippen molar-refractivity contribution >= 4 is 23.3 Å². The molecule has 0 saturated carbocycles. The lowest BCUT2D eigenvalue weighted by Crippen LogP contribution is -2.50. The summed E-state index contributed by atoms with van der Waals surface area (Å²) >= 11 is 0. The Morgan fingerprint density at radius 3 is 2.21 bits per heavy atom. The Labute approximate surface area is 164 Å². The molecule has 3 rings (SSSR count). The van der Waals surface area contributed by atoms with Gasteiger partial charge in [0.05, 0.1) is 22.9 Å². The highest BCUT2D eigenvalue weighted by molar-refractivity contribution is 5.96. The van der Waals surface area contributed by atoms with Gasteiger partial charge in [0.15, 0.2) is 0 Å². The second-order valence-electron chi connectivity index (χ2n) is 8.19. The second kappa shape index (κ2) is 7.19. The maximum atomic E-state index is 11.8. The molecule has 0 spiro atoms. The van der Waals surface area contributed by atoms with Gasteiger partial charge in [0, 0.05) is 17.1 Å². The van der Waals surface area contributed by atoms with Gasteiger partial charge >= 0.3 is 11.9 Å². The summed E-state index contributed by atoms with van der Waals surface area (Å²) in [5, 5.41) is 26.1. The zero-order valence-electron chi connectivity index (χ0n) is 16.5. The molecule has 0 radical (unpaired) electrons. The average Bonchev–Trinajstić information content (AvgIpc) is 2.62. The number of rotatable bonds is 5. The van der Waals surface area contributed by atoms with Crippen LogP contribution in [0.5, 0.6) is 0 Å². The Kier molecular flexibility index (Phi) is 5.06. The zero-order valence-corrected chi connectivity index (χ0v) is 16.5. The van der Waals surface area contributed by atoms with Gasteiger partial charge in [-0.2, -0.15) is 0 Å². The molecule has 0 unspecified atom stereocenters. The molecule has 148 valence electrons. The van der Waals surface area contributed by atoms with Crippen molar-refractivity contribution in [3.8, 4) is 0 Å². The SMILES string of the molecule is CC(C)[C@H]1Nc2c(C(=O)O)cccc2[C@@H](Nc2ccccc2C(=O)O)C1(C)C. The largest absolute Gasteiger partial charge is 0.478 e. The fourth-order valence-electron chi connectivity index (χ4n) is 4.31. The highest BCUT2D eigenvalue weighted by Crippen LogP contribution is 2.49. The van der Waals surface area contributed by atoms with Crippen LogP contribution in [-0.2, 0) is 0 Å². The second-order valence-corrected chi connectivity index (χ2v) is 8.19. The van der Waals surface area contributed by atoms with E-state index in [1.54, 1.807) is 36.4 Å². The van der Waals surface area contributed by atoms with Crippen LogP contribution in [-0.4, -0.2) is 28.2 Å². The lowest BCUT2D eigenvalue weighted by atomic mass is 9.67. The topological polar surface area (TPSA) is 98.7 Å². The van der Waals surface area contributed by atoms with E-state index in [-0.39, 0.29) is 34.5 Å². The summed E-state index contributed by atoms with van der Waals surface area (Å²) in [5.41, 5.74) is 2.03. The fraction of sp³-hybridized carbons (Fsp3) is 0.364. The van der Waals surface area contributed by atoms with Gasteiger partial charge in [-0.15, -0.1) is 0 Å². The van der Waals surface area contributed by atoms with Crippen molar-refractivity contribution in [2.24, 2.45) is 11.3 Å². The molecule has 0 fully saturated rings. The molecule has 4 N–H and O–H groups in total. The van der Waals surface area contributed by atoms with E-state index in [0.717, 1.165) is 5.56 Å². The van der Waals surface area contributed by atoms with E-state index in [1.807, 2.05) is 6.07 Å². The van der Waals surface area contributed by atoms with E-state index < -0.39 is 11.9 Å². The number of carboxylic acid groups (broad SMARTS) is 2. The van der Waals surface area contributed by atoms with Crippen LogP contribution >= 0.6 is 0 Å². The number of nitrogens with one attached hydrogen (secondary N) is 2. The van der Waals surface area contributed by atoms with Crippen molar-refractivity contribution in [1.82, 2.24) is 0 Å². The number of fused-ring (bicyclic) bond motifs is 1. The molecule has 0 saturated heterocycles. The first-order valence-corrected chi connectivity index (χ1v) is 9.36. The maximum absolute atomic E-state index is 11.8. The number of aromatic carboxylic acids is 2. The molecule has 0 aromatic heterocycles. The lowest BCUT2D eigenvalue weighted by molar-refractivity contribution is 0.0687. The Bertz CT molecular complexity index is 921. The van der Waals surface area contributed by atoms with Gasteiger partial charge in [-0.3, -0.25) is 0 Å². The number of anilines is 2. The number of carbonyl (C=O) groups is 2. The Balaban J connectivity index is 2.17. The van der Waals surface area contributed by atoms with E-state index in [2.05, 4.69) is 38.3 Å². The van der Waals surface area contributed by atoms with E-state index in [0.29, 0.717) is 11.4 Å². The van der Waals surface area contributed by atoms with Crippen LogP contribution in [0.1, 0.15) is 60.0 Å². The summed E-state index contributed by atoms with van der Waals surface area (Å²) in [5.74, 6) is -1.75. The third kappa shape index (κ3) is 3.30. The van der Waals surface area contributed by atoms with E-state index in [4.69, 9.17) is 0 Å². The van der Waals surface area contributed by atoms with Gasteiger partial charge < -0.3 is 20.8 Å². The normalized spacial score (nSPS) is 20.2. The van der Waals surface area contributed by atoms with E-state index >= 15 is 0 Å². The molecule has 6 nitrogen and oxygen atoms in total. The molecule has 1 aliphatic rings. The first kappa shape index (κ1) is 19.7. The molecule has 6 heteroatoms. The number of benzene rings is 2. The monoisotopic (exact) mass is 382 g/mol. The quantitative estimate of drug-likeness (QED) is 0.598. The minimum Gasteiger partial charge on any atom is -0.478 e. The maximum Gasteiger partial charge on any atom is 0.337 e. The van der Waals surface area contributed by atoms with Crippen LogP contribution in [0.3, 0.4) is 0 Å². The Morgan fingerprint density at radius 2 is 1.61 bits per heavy atom. The number of para-hydroxylation sites is 2. The molecule has 2 atom stereocenters. The predicted molar refractivity (Wildman–Crippen MR) is 109 cm³/mol. The Hall–Kier alpha value is -3.02. The highest BCUT2D eigenvalue weighted by Gasteiger charge is 2.45. The molecule has 1 aliphatic heterocycles. The molecule has 28 heavy (non-hydrogen) atoms. The Morgan fingerprint density at radius 1 is 1.00 bits per heavy atom. The molecule has 1 heterocycles. The van der Waals surface area contributed by atoms with Crippen molar-refractivity contribution in [2.45, 2.75) is 39.8 Å². The standard InChI is InChI=1S/C22H26N2O4/c1-12(2)18-22(3,4)19(23-16-11-6-5-8-13(16)20(25)26)14-9-7-10-15(21(27)28)17(14)24-18/h5-12,18-19,23-24H,1-4H3,(H,25,26)(H,27,28)/t18-,19-/m1/s1. The first-order chi connectivity index (χ1) is 13.1. The van der Waals surface area contributed by atoms with Gasteiger partial charge in [0.1, 0.15) is 0 Å². The van der Waals surface area contributed by atoms with Gasteiger partial charge in [0.25, 0.3) is 0 Å². The van der Waals surface area contributed by atoms with Crippen LogP contribution in [0.15, 0.2) is 42.5 Å². The van der Waals surface area contributed by atoms with Crippen LogP contribution in [0.4, 0.5) is 11.4 Å². The van der Waals surface area contributed by atoms with Crippen molar-refractivity contribution < 1.29 is 19.8 Å². The lowest BCUT2D eigenvalue weighted by Gasteiger charge is -2.49. The summed E-state index contributed by atoms with van der Waals surface area (Å²) in [7, 11) is 0. The van der Waals surface area contributed by atoms with Gasteiger partial charge in [-0.25, -0.2) is 9.59 Å².